The Hall–Kier alpha value is -0.290. The first-order chi connectivity index (χ1) is 5.25. The van der Waals surface area contributed by atoms with E-state index < -0.39 is 0 Å². The van der Waals surface area contributed by atoms with Crippen LogP contribution in [-0.4, -0.2) is 15.0 Å². The first kappa shape index (κ1) is 8.80. The molecule has 1 rings (SSSR count). The number of nitrogens with zero attached hydrogens (tertiary/aromatic N) is 1. The van der Waals surface area contributed by atoms with Gasteiger partial charge in [0.1, 0.15) is 0 Å². The molecule has 0 aliphatic carbocycles. The van der Waals surface area contributed by atoms with E-state index in [0.29, 0.717) is 6.54 Å². The summed E-state index contributed by atoms with van der Waals surface area (Å²) in [4.78, 5) is 10.9. The van der Waals surface area contributed by atoms with E-state index >= 15 is 0 Å². The summed E-state index contributed by atoms with van der Waals surface area (Å²) in [5.41, 5.74) is 0. The van der Waals surface area contributed by atoms with Gasteiger partial charge in [-0.1, -0.05) is 27.3 Å². The number of thiazole rings is 1. The van der Waals surface area contributed by atoms with Gasteiger partial charge in [-0.15, -0.1) is 0 Å². The van der Waals surface area contributed by atoms with E-state index in [1.165, 1.54) is 9.95 Å². The molecule has 0 radical (unpaired) electrons. The highest BCUT2D eigenvalue weighted by Crippen LogP contribution is 2.09. The number of halogens is 1. The third-order valence-corrected chi connectivity index (χ3v) is 2.59. The van der Waals surface area contributed by atoms with Gasteiger partial charge in [0.15, 0.2) is 0 Å². The summed E-state index contributed by atoms with van der Waals surface area (Å²) < 4.78 is 1.37. The quantitative estimate of drug-likeness (QED) is 0.809. The van der Waals surface area contributed by atoms with Crippen molar-refractivity contribution in [1.82, 2.24) is 4.57 Å². The summed E-state index contributed by atoms with van der Waals surface area (Å²) in [6.45, 7) is 0.583. The molecule has 5 heteroatoms. The van der Waals surface area contributed by atoms with Crippen LogP contribution in [0.3, 0.4) is 0 Å². The SMILES string of the molecule is O=c1scc(O)n1CCCBr. The molecule has 0 amide bonds. The van der Waals surface area contributed by atoms with Crippen LogP contribution in [0.25, 0.3) is 0 Å². The zero-order valence-electron chi connectivity index (χ0n) is 5.79. The van der Waals surface area contributed by atoms with Crippen LogP contribution >= 0.6 is 27.3 Å². The van der Waals surface area contributed by atoms with Crippen LogP contribution in [0.15, 0.2) is 10.2 Å². The lowest BCUT2D eigenvalue weighted by Gasteiger charge is -1.98. The molecule has 0 aliphatic heterocycles. The van der Waals surface area contributed by atoms with E-state index in [-0.39, 0.29) is 10.8 Å². The minimum absolute atomic E-state index is 0.0703. The Morgan fingerprint density at radius 2 is 2.45 bits per heavy atom. The third-order valence-electron chi connectivity index (χ3n) is 1.28. The molecule has 62 valence electrons. The summed E-state index contributed by atoms with van der Waals surface area (Å²) in [7, 11) is 0. The summed E-state index contributed by atoms with van der Waals surface area (Å²) >= 11 is 4.27. The summed E-state index contributed by atoms with van der Waals surface area (Å²) in [5.74, 6) is 0.0703. The van der Waals surface area contributed by atoms with Crippen molar-refractivity contribution < 1.29 is 5.11 Å². The maximum atomic E-state index is 11.0. The Bertz CT molecular complexity index is 280. The zero-order chi connectivity index (χ0) is 8.27. The molecule has 1 N–H and O–H groups in total. The molecule has 0 spiro atoms. The molecule has 1 aromatic heterocycles. The highest BCUT2D eigenvalue weighted by atomic mass is 79.9. The van der Waals surface area contributed by atoms with E-state index in [9.17, 15) is 4.79 Å². The van der Waals surface area contributed by atoms with Gasteiger partial charge in [-0.3, -0.25) is 9.36 Å². The highest BCUT2D eigenvalue weighted by Gasteiger charge is 2.02. The lowest BCUT2D eigenvalue weighted by Crippen LogP contribution is -2.12. The average Bonchev–Trinajstić information content (AvgIpc) is 2.29. The summed E-state index contributed by atoms with van der Waals surface area (Å²) in [6, 6.07) is 0. The molecule has 1 aromatic rings. The van der Waals surface area contributed by atoms with Crippen molar-refractivity contribution in [3.05, 3.63) is 15.0 Å². The van der Waals surface area contributed by atoms with Gasteiger partial charge < -0.3 is 5.11 Å². The molecule has 0 saturated carbocycles. The van der Waals surface area contributed by atoms with Crippen LogP contribution in [-0.2, 0) is 6.54 Å². The molecule has 0 saturated heterocycles. The minimum Gasteiger partial charge on any atom is -0.494 e. The zero-order valence-corrected chi connectivity index (χ0v) is 8.19. The highest BCUT2D eigenvalue weighted by molar-refractivity contribution is 9.09. The van der Waals surface area contributed by atoms with Crippen LogP contribution in [0.1, 0.15) is 6.42 Å². The van der Waals surface area contributed by atoms with Gasteiger partial charge in [-0.2, -0.15) is 0 Å². The second-order valence-corrected chi connectivity index (χ2v) is 3.67. The number of hydrogen-bond donors (Lipinski definition) is 1. The van der Waals surface area contributed by atoms with E-state index in [2.05, 4.69) is 15.9 Å². The van der Waals surface area contributed by atoms with E-state index in [1.807, 2.05) is 0 Å². The molecule has 0 aromatic carbocycles. The van der Waals surface area contributed by atoms with Crippen LogP contribution in [0, 0.1) is 0 Å². The van der Waals surface area contributed by atoms with Crippen molar-refractivity contribution in [2.75, 3.05) is 5.33 Å². The monoisotopic (exact) mass is 237 g/mol. The molecule has 0 fully saturated rings. The third kappa shape index (κ3) is 2.07. The number of aromatic nitrogens is 1. The van der Waals surface area contributed by atoms with Crippen LogP contribution in [0.4, 0.5) is 0 Å². The number of aromatic hydroxyl groups is 1. The summed E-state index contributed by atoms with van der Waals surface area (Å²) in [5, 5.41) is 11.4. The molecular formula is C6H8BrNO2S. The Morgan fingerprint density at radius 3 is 2.91 bits per heavy atom. The first-order valence-electron chi connectivity index (χ1n) is 3.19. The van der Waals surface area contributed by atoms with E-state index in [4.69, 9.17) is 5.11 Å². The first-order valence-corrected chi connectivity index (χ1v) is 5.19. The molecular weight excluding hydrogens is 230 g/mol. The Balaban J connectivity index is 2.75. The van der Waals surface area contributed by atoms with Gasteiger partial charge in [0.05, 0.1) is 5.38 Å². The smallest absolute Gasteiger partial charge is 0.309 e. The number of hydrogen-bond acceptors (Lipinski definition) is 3. The van der Waals surface area contributed by atoms with Crippen LogP contribution < -0.4 is 4.87 Å². The minimum atomic E-state index is -0.0940. The Morgan fingerprint density at radius 1 is 1.73 bits per heavy atom. The van der Waals surface area contributed by atoms with Gasteiger partial charge in [0.2, 0.25) is 5.88 Å². The van der Waals surface area contributed by atoms with E-state index in [0.717, 1.165) is 23.1 Å². The maximum Gasteiger partial charge on any atom is 0.309 e. The van der Waals surface area contributed by atoms with E-state index in [1.54, 1.807) is 0 Å². The topological polar surface area (TPSA) is 42.2 Å². The van der Waals surface area contributed by atoms with Crippen LogP contribution in [0.5, 0.6) is 5.88 Å². The lowest BCUT2D eigenvalue weighted by atomic mass is 10.5. The fourth-order valence-corrected chi connectivity index (χ4v) is 1.64. The molecule has 0 bridgehead atoms. The predicted octanol–water partition coefficient (Wildman–Crippen LogP) is 1.40. The lowest BCUT2D eigenvalue weighted by molar-refractivity contribution is 0.412. The molecule has 0 unspecified atom stereocenters. The van der Waals surface area contributed by atoms with Gasteiger partial charge >= 0.3 is 4.87 Å². The van der Waals surface area contributed by atoms with Crippen molar-refractivity contribution in [2.45, 2.75) is 13.0 Å². The van der Waals surface area contributed by atoms with Crippen molar-refractivity contribution in [3.63, 3.8) is 0 Å². The second-order valence-electron chi connectivity index (χ2n) is 2.05. The fourth-order valence-electron chi connectivity index (χ4n) is 0.748. The molecule has 0 aliphatic rings. The fraction of sp³-hybridized carbons (Fsp3) is 0.500. The average molecular weight is 238 g/mol. The van der Waals surface area contributed by atoms with Crippen LogP contribution in [0.2, 0.25) is 0 Å². The van der Waals surface area contributed by atoms with Gasteiger partial charge in [0, 0.05) is 11.9 Å². The van der Waals surface area contributed by atoms with Gasteiger partial charge in [-0.25, -0.2) is 0 Å². The maximum absolute atomic E-state index is 11.0. The molecule has 0 atom stereocenters. The number of alkyl halides is 1. The molecule has 3 nitrogen and oxygen atoms in total. The van der Waals surface area contributed by atoms with Gasteiger partial charge in [0.25, 0.3) is 0 Å². The normalized spacial score (nSPS) is 10.3. The Kier molecular flexibility index (Phi) is 3.14. The number of rotatable bonds is 3. The largest absolute Gasteiger partial charge is 0.494 e. The van der Waals surface area contributed by atoms with Crippen molar-refractivity contribution in [2.24, 2.45) is 0 Å². The summed E-state index contributed by atoms with van der Waals surface area (Å²) in [6.07, 6.45) is 0.851. The Labute approximate surface area is 76.4 Å². The van der Waals surface area contributed by atoms with Crippen molar-refractivity contribution in [1.29, 1.82) is 0 Å². The standard InChI is InChI=1S/C6H8BrNO2S/c7-2-1-3-8-5(9)4-11-6(8)10/h4,9H,1-3H2. The van der Waals surface area contributed by atoms with Crippen molar-refractivity contribution >= 4 is 27.3 Å². The van der Waals surface area contributed by atoms with Crippen molar-refractivity contribution in [3.8, 4) is 5.88 Å². The predicted molar refractivity (Wildman–Crippen MR) is 48.7 cm³/mol. The molecule has 1 heterocycles. The molecule has 11 heavy (non-hydrogen) atoms. The second kappa shape index (κ2) is 3.92. The van der Waals surface area contributed by atoms with Gasteiger partial charge in [-0.05, 0) is 6.42 Å².